The zero-order chi connectivity index (χ0) is 11.8. The number of nitrogens with zero attached hydrogens (tertiary/aromatic N) is 3. The summed E-state index contributed by atoms with van der Waals surface area (Å²) in [7, 11) is 2.01. The molecular formula is C11H22N4S. The fraction of sp³-hybridized carbons (Fsp3) is 0.818. The molecule has 0 spiro atoms. The van der Waals surface area contributed by atoms with E-state index >= 15 is 0 Å². The summed E-state index contributed by atoms with van der Waals surface area (Å²) in [6.07, 6.45) is 3.68. The first-order valence-corrected chi connectivity index (χ1v) is 6.93. The number of thioether (sulfide) groups is 1. The fourth-order valence-corrected chi connectivity index (χ4v) is 2.29. The van der Waals surface area contributed by atoms with Crippen molar-refractivity contribution in [2.75, 3.05) is 18.8 Å². The molecule has 1 heterocycles. The van der Waals surface area contributed by atoms with Crippen LogP contribution in [0.5, 0.6) is 0 Å². The first-order chi connectivity index (χ1) is 7.75. The Morgan fingerprint density at radius 3 is 2.69 bits per heavy atom. The molecule has 0 radical (unpaired) electrons. The normalized spacial score (nSPS) is 10.9. The minimum Gasteiger partial charge on any atom is -0.317 e. The van der Waals surface area contributed by atoms with Crippen molar-refractivity contribution in [2.45, 2.75) is 38.3 Å². The zero-order valence-corrected chi connectivity index (χ0v) is 11.3. The summed E-state index contributed by atoms with van der Waals surface area (Å²) in [5, 5.41) is 12.6. The second kappa shape index (κ2) is 7.68. The van der Waals surface area contributed by atoms with Gasteiger partial charge in [0.15, 0.2) is 5.16 Å². The van der Waals surface area contributed by atoms with Crippen molar-refractivity contribution in [1.29, 1.82) is 0 Å². The van der Waals surface area contributed by atoms with Gasteiger partial charge in [-0.1, -0.05) is 18.7 Å². The van der Waals surface area contributed by atoms with Crippen molar-refractivity contribution < 1.29 is 0 Å². The first-order valence-electron chi connectivity index (χ1n) is 5.95. The molecular weight excluding hydrogens is 220 g/mol. The molecule has 16 heavy (non-hydrogen) atoms. The molecule has 0 aliphatic heterocycles. The maximum absolute atomic E-state index is 4.12. The van der Waals surface area contributed by atoms with Crippen LogP contribution in [0.3, 0.4) is 0 Å². The SMILES string of the molecule is CCCNCCCCSc1nnc(C)n1C. The average molecular weight is 242 g/mol. The highest BCUT2D eigenvalue weighted by Gasteiger charge is 2.04. The summed E-state index contributed by atoms with van der Waals surface area (Å²) in [6.45, 7) is 6.44. The molecule has 0 unspecified atom stereocenters. The molecule has 1 aromatic heterocycles. The largest absolute Gasteiger partial charge is 0.317 e. The van der Waals surface area contributed by atoms with Crippen LogP contribution in [0.25, 0.3) is 0 Å². The third kappa shape index (κ3) is 4.53. The van der Waals surface area contributed by atoms with E-state index < -0.39 is 0 Å². The first kappa shape index (κ1) is 13.5. The van der Waals surface area contributed by atoms with Gasteiger partial charge in [-0.25, -0.2) is 0 Å². The number of hydrogen-bond donors (Lipinski definition) is 1. The van der Waals surface area contributed by atoms with Crippen LogP contribution in [0.4, 0.5) is 0 Å². The van der Waals surface area contributed by atoms with Gasteiger partial charge in [0.1, 0.15) is 5.82 Å². The molecule has 0 aromatic carbocycles. The number of aromatic nitrogens is 3. The van der Waals surface area contributed by atoms with Gasteiger partial charge in [0, 0.05) is 12.8 Å². The van der Waals surface area contributed by atoms with E-state index in [1.165, 1.54) is 19.3 Å². The highest BCUT2D eigenvalue weighted by Crippen LogP contribution is 2.16. The van der Waals surface area contributed by atoms with Crippen LogP contribution < -0.4 is 5.32 Å². The van der Waals surface area contributed by atoms with E-state index in [2.05, 4.69) is 22.4 Å². The molecule has 4 nitrogen and oxygen atoms in total. The molecule has 1 rings (SSSR count). The average Bonchev–Trinajstić information content (AvgIpc) is 2.59. The Bertz CT molecular complexity index is 298. The minimum absolute atomic E-state index is 0.979. The third-order valence-corrected chi connectivity index (χ3v) is 3.56. The Labute approximate surface area is 102 Å². The maximum Gasteiger partial charge on any atom is 0.190 e. The monoisotopic (exact) mass is 242 g/mol. The number of hydrogen-bond acceptors (Lipinski definition) is 4. The summed E-state index contributed by atoms with van der Waals surface area (Å²) in [4.78, 5) is 0. The number of aryl methyl sites for hydroxylation is 1. The summed E-state index contributed by atoms with van der Waals surface area (Å²) >= 11 is 1.79. The quantitative estimate of drug-likeness (QED) is 0.559. The number of rotatable bonds is 8. The maximum atomic E-state index is 4.12. The van der Waals surface area contributed by atoms with Crippen LogP contribution in [0, 0.1) is 6.92 Å². The molecule has 0 aliphatic carbocycles. The molecule has 0 amide bonds. The Morgan fingerprint density at radius 1 is 1.25 bits per heavy atom. The predicted molar refractivity (Wildman–Crippen MR) is 68.9 cm³/mol. The summed E-state index contributed by atoms with van der Waals surface area (Å²) in [5.41, 5.74) is 0. The molecule has 5 heteroatoms. The minimum atomic E-state index is 0.979. The highest BCUT2D eigenvalue weighted by atomic mass is 32.2. The van der Waals surface area contributed by atoms with Gasteiger partial charge in [-0.2, -0.15) is 0 Å². The molecule has 92 valence electrons. The molecule has 0 aliphatic rings. The Kier molecular flexibility index (Phi) is 6.49. The van der Waals surface area contributed by atoms with Crippen molar-refractivity contribution in [1.82, 2.24) is 20.1 Å². The molecule has 0 saturated heterocycles. The van der Waals surface area contributed by atoms with E-state index in [0.29, 0.717) is 0 Å². The van der Waals surface area contributed by atoms with Crippen LogP contribution in [0.2, 0.25) is 0 Å². The molecule has 0 atom stereocenters. The van der Waals surface area contributed by atoms with Crippen LogP contribution in [-0.4, -0.2) is 33.6 Å². The number of nitrogens with one attached hydrogen (secondary N) is 1. The lowest BCUT2D eigenvalue weighted by molar-refractivity contribution is 0.634. The van der Waals surface area contributed by atoms with Crippen molar-refractivity contribution in [3.63, 3.8) is 0 Å². The summed E-state index contributed by atoms with van der Waals surface area (Å²) < 4.78 is 2.04. The van der Waals surface area contributed by atoms with E-state index in [4.69, 9.17) is 0 Å². The lowest BCUT2D eigenvalue weighted by atomic mass is 10.3. The predicted octanol–water partition coefficient (Wildman–Crippen LogP) is 2.00. The molecule has 0 bridgehead atoms. The highest BCUT2D eigenvalue weighted by molar-refractivity contribution is 7.99. The molecule has 0 saturated carbocycles. The molecule has 1 N–H and O–H groups in total. The second-order valence-corrected chi connectivity index (χ2v) is 4.96. The van der Waals surface area contributed by atoms with E-state index in [0.717, 1.165) is 29.8 Å². The zero-order valence-electron chi connectivity index (χ0n) is 10.5. The van der Waals surface area contributed by atoms with Gasteiger partial charge in [0.05, 0.1) is 0 Å². The van der Waals surface area contributed by atoms with E-state index in [1.54, 1.807) is 11.8 Å². The van der Waals surface area contributed by atoms with E-state index in [9.17, 15) is 0 Å². The van der Waals surface area contributed by atoms with Gasteiger partial charge in [-0.3, -0.25) is 0 Å². The Balaban J connectivity index is 2.05. The fourth-order valence-electron chi connectivity index (χ4n) is 1.33. The van der Waals surface area contributed by atoms with Crippen molar-refractivity contribution in [3.05, 3.63) is 5.82 Å². The van der Waals surface area contributed by atoms with Gasteiger partial charge in [0.25, 0.3) is 0 Å². The van der Waals surface area contributed by atoms with E-state index in [-0.39, 0.29) is 0 Å². The lowest BCUT2D eigenvalue weighted by Gasteiger charge is -2.03. The second-order valence-electron chi connectivity index (χ2n) is 3.89. The van der Waals surface area contributed by atoms with Gasteiger partial charge in [-0.05, 0) is 39.3 Å². The van der Waals surface area contributed by atoms with Gasteiger partial charge < -0.3 is 9.88 Å². The van der Waals surface area contributed by atoms with Gasteiger partial charge in [-0.15, -0.1) is 10.2 Å². The van der Waals surface area contributed by atoms with Gasteiger partial charge in [0.2, 0.25) is 0 Å². The Hall–Kier alpha value is -0.550. The van der Waals surface area contributed by atoms with Crippen molar-refractivity contribution >= 4 is 11.8 Å². The lowest BCUT2D eigenvalue weighted by Crippen LogP contribution is -2.15. The van der Waals surface area contributed by atoms with Gasteiger partial charge >= 0.3 is 0 Å². The summed E-state index contributed by atoms with van der Waals surface area (Å²) in [5.74, 6) is 2.10. The van der Waals surface area contributed by atoms with Crippen LogP contribution in [0.1, 0.15) is 32.0 Å². The van der Waals surface area contributed by atoms with Crippen molar-refractivity contribution in [2.24, 2.45) is 7.05 Å². The number of unbranched alkanes of at least 4 members (excludes halogenated alkanes) is 1. The molecule has 1 aromatic rings. The standard InChI is InChI=1S/C11H22N4S/c1-4-7-12-8-5-6-9-16-11-14-13-10(2)15(11)3/h12H,4-9H2,1-3H3. The van der Waals surface area contributed by atoms with Crippen LogP contribution in [-0.2, 0) is 7.05 Å². The Morgan fingerprint density at radius 2 is 2.06 bits per heavy atom. The van der Waals surface area contributed by atoms with E-state index in [1.807, 2.05) is 18.5 Å². The third-order valence-electron chi connectivity index (χ3n) is 2.46. The van der Waals surface area contributed by atoms with Crippen LogP contribution >= 0.6 is 11.8 Å². The smallest absolute Gasteiger partial charge is 0.190 e. The topological polar surface area (TPSA) is 42.7 Å². The van der Waals surface area contributed by atoms with Crippen molar-refractivity contribution in [3.8, 4) is 0 Å². The molecule has 0 fully saturated rings. The summed E-state index contributed by atoms with van der Waals surface area (Å²) in [6, 6.07) is 0. The van der Waals surface area contributed by atoms with Crippen LogP contribution in [0.15, 0.2) is 5.16 Å².